The van der Waals surface area contributed by atoms with Crippen LogP contribution in [0.1, 0.15) is 5.56 Å². The average molecular weight is 232 g/mol. The first-order chi connectivity index (χ1) is 7.79. The molecule has 0 bridgehead atoms. The Morgan fingerprint density at radius 3 is 2.38 bits per heavy atom. The van der Waals surface area contributed by atoms with Crippen molar-refractivity contribution in [3.63, 3.8) is 0 Å². The van der Waals surface area contributed by atoms with Crippen LogP contribution < -0.4 is 5.73 Å². The highest BCUT2D eigenvalue weighted by atomic mass is 35.5. The molecule has 2 heteroatoms. The Kier molecular flexibility index (Phi) is 3.60. The Morgan fingerprint density at radius 1 is 0.938 bits per heavy atom. The van der Waals surface area contributed by atoms with Crippen molar-refractivity contribution in [3.05, 3.63) is 59.1 Å². The number of hydrogen-bond acceptors (Lipinski definition) is 1. The lowest BCUT2D eigenvalue weighted by atomic mass is 10.0. The maximum Gasteiger partial charge on any atom is 0.0406 e. The van der Waals surface area contributed by atoms with E-state index in [0.717, 1.165) is 11.4 Å². The molecule has 0 aliphatic carbocycles. The van der Waals surface area contributed by atoms with Crippen molar-refractivity contribution in [2.24, 2.45) is 5.73 Å². The highest BCUT2D eigenvalue weighted by Crippen LogP contribution is 2.22. The van der Waals surface area contributed by atoms with E-state index in [1.165, 1.54) is 16.7 Å². The average Bonchev–Trinajstić information content (AvgIpc) is 2.31. The fourth-order valence-electron chi connectivity index (χ4n) is 1.72. The smallest absolute Gasteiger partial charge is 0.0406 e. The van der Waals surface area contributed by atoms with Crippen LogP contribution in [-0.4, -0.2) is 6.54 Å². The van der Waals surface area contributed by atoms with Gasteiger partial charge in [-0.2, -0.15) is 0 Å². The summed E-state index contributed by atoms with van der Waals surface area (Å²) in [5.74, 6) is 0. The van der Waals surface area contributed by atoms with Gasteiger partial charge in [0, 0.05) is 5.02 Å². The Morgan fingerprint density at radius 2 is 1.69 bits per heavy atom. The zero-order valence-corrected chi connectivity index (χ0v) is 9.74. The number of hydrogen-bond donors (Lipinski definition) is 1. The summed E-state index contributed by atoms with van der Waals surface area (Å²) in [5, 5.41) is 0.766. The molecule has 0 fully saturated rings. The fraction of sp³-hybridized carbons (Fsp3) is 0.143. The molecule has 82 valence electrons. The highest BCUT2D eigenvalue weighted by molar-refractivity contribution is 6.30. The van der Waals surface area contributed by atoms with Crippen LogP contribution in [0.25, 0.3) is 11.1 Å². The van der Waals surface area contributed by atoms with Crippen LogP contribution in [0.15, 0.2) is 48.5 Å². The van der Waals surface area contributed by atoms with E-state index in [9.17, 15) is 0 Å². The van der Waals surface area contributed by atoms with Gasteiger partial charge in [-0.1, -0.05) is 48.0 Å². The van der Waals surface area contributed by atoms with Gasteiger partial charge in [-0.05, 0) is 41.8 Å². The molecule has 0 radical (unpaired) electrons. The molecule has 2 rings (SSSR count). The topological polar surface area (TPSA) is 26.0 Å². The van der Waals surface area contributed by atoms with Gasteiger partial charge in [-0.15, -0.1) is 0 Å². The summed E-state index contributed by atoms with van der Waals surface area (Å²) in [5.41, 5.74) is 9.22. The van der Waals surface area contributed by atoms with Gasteiger partial charge in [0.25, 0.3) is 0 Å². The molecule has 2 aromatic rings. The molecular weight excluding hydrogens is 218 g/mol. The van der Waals surface area contributed by atoms with E-state index < -0.39 is 0 Å². The number of benzene rings is 2. The molecule has 0 aromatic heterocycles. The minimum atomic E-state index is 0.685. The van der Waals surface area contributed by atoms with Crippen LogP contribution in [0.5, 0.6) is 0 Å². The molecule has 0 aliphatic rings. The lowest BCUT2D eigenvalue weighted by Gasteiger charge is -2.04. The molecule has 0 spiro atoms. The molecule has 0 amide bonds. The zero-order valence-electron chi connectivity index (χ0n) is 8.99. The molecule has 1 nitrogen and oxygen atoms in total. The molecule has 0 atom stereocenters. The van der Waals surface area contributed by atoms with Gasteiger partial charge in [0.2, 0.25) is 0 Å². The first-order valence-electron chi connectivity index (χ1n) is 5.34. The van der Waals surface area contributed by atoms with Crippen molar-refractivity contribution in [3.8, 4) is 11.1 Å². The van der Waals surface area contributed by atoms with Crippen LogP contribution in [0.4, 0.5) is 0 Å². The van der Waals surface area contributed by atoms with Crippen molar-refractivity contribution in [2.75, 3.05) is 6.54 Å². The van der Waals surface area contributed by atoms with E-state index in [4.69, 9.17) is 17.3 Å². The van der Waals surface area contributed by atoms with Crippen LogP contribution in [-0.2, 0) is 6.42 Å². The first-order valence-corrected chi connectivity index (χ1v) is 5.72. The van der Waals surface area contributed by atoms with Gasteiger partial charge >= 0.3 is 0 Å². The first kappa shape index (κ1) is 11.2. The zero-order chi connectivity index (χ0) is 11.4. The maximum absolute atomic E-state index is 5.86. The highest BCUT2D eigenvalue weighted by Gasteiger charge is 1.98. The van der Waals surface area contributed by atoms with Gasteiger partial charge in [0.05, 0.1) is 0 Å². The summed E-state index contributed by atoms with van der Waals surface area (Å²) >= 11 is 5.86. The molecule has 2 aromatic carbocycles. The predicted octanol–water partition coefficient (Wildman–Crippen LogP) is 3.51. The fourth-order valence-corrected chi connectivity index (χ4v) is 1.84. The molecule has 16 heavy (non-hydrogen) atoms. The molecule has 0 saturated heterocycles. The van der Waals surface area contributed by atoms with Gasteiger partial charge in [-0.25, -0.2) is 0 Å². The van der Waals surface area contributed by atoms with E-state index in [1.807, 2.05) is 24.3 Å². The maximum atomic E-state index is 5.86. The monoisotopic (exact) mass is 231 g/mol. The standard InChI is InChI=1S/C14H14ClN/c15-14-6-4-12(5-7-14)13-3-1-2-11(10-13)8-9-16/h1-7,10H,8-9,16H2. The normalized spacial score (nSPS) is 10.4. The van der Waals surface area contributed by atoms with Crippen molar-refractivity contribution < 1.29 is 0 Å². The van der Waals surface area contributed by atoms with Crippen LogP contribution >= 0.6 is 11.6 Å². The lowest BCUT2D eigenvalue weighted by Crippen LogP contribution is -2.02. The summed E-state index contributed by atoms with van der Waals surface area (Å²) in [7, 11) is 0. The second-order valence-corrected chi connectivity index (χ2v) is 4.18. The van der Waals surface area contributed by atoms with E-state index in [-0.39, 0.29) is 0 Å². The summed E-state index contributed by atoms with van der Waals surface area (Å²) in [6.07, 6.45) is 0.918. The summed E-state index contributed by atoms with van der Waals surface area (Å²) in [4.78, 5) is 0. The van der Waals surface area contributed by atoms with Crippen molar-refractivity contribution >= 4 is 11.6 Å². The molecule has 2 N–H and O–H groups in total. The second kappa shape index (κ2) is 5.15. The lowest BCUT2D eigenvalue weighted by molar-refractivity contribution is 0.969. The third kappa shape index (κ3) is 2.63. The van der Waals surface area contributed by atoms with Crippen molar-refractivity contribution in [1.29, 1.82) is 0 Å². The van der Waals surface area contributed by atoms with Gasteiger partial charge < -0.3 is 5.73 Å². The quantitative estimate of drug-likeness (QED) is 0.860. The minimum absolute atomic E-state index is 0.685. The summed E-state index contributed by atoms with van der Waals surface area (Å²) < 4.78 is 0. The molecule has 0 unspecified atom stereocenters. The Bertz CT molecular complexity index is 462. The van der Waals surface area contributed by atoms with Gasteiger partial charge in [0.1, 0.15) is 0 Å². The number of rotatable bonds is 3. The minimum Gasteiger partial charge on any atom is -0.330 e. The molecular formula is C14H14ClN. The molecule has 0 saturated carbocycles. The summed E-state index contributed by atoms with van der Waals surface area (Å²) in [6, 6.07) is 16.3. The Hall–Kier alpha value is -1.31. The third-order valence-electron chi connectivity index (χ3n) is 2.54. The molecule has 0 aliphatic heterocycles. The SMILES string of the molecule is NCCc1cccc(-c2ccc(Cl)cc2)c1. The van der Waals surface area contributed by atoms with E-state index >= 15 is 0 Å². The van der Waals surface area contributed by atoms with E-state index in [1.54, 1.807) is 0 Å². The van der Waals surface area contributed by atoms with Crippen LogP contribution in [0, 0.1) is 0 Å². The molecule has 0 heterocycles. The predicted molar refractivity (Wildman–Crippen MR) is 69.6 cm³/mol. The van der Waals surface area contributed by atoms with E-state index in [0.29, 0.717) is 6.54 Å². The third-order valence-corrected chi connectivity index (χ3v) is 2.79. The Balaban J connectivity index is 2.32. The van der Waals surface area contributed by atoms with Crippen LogP contribution in [0.3, 0.4) is 0 Å². The Labute approximate surface area is 101 Å². The van der Waals surface area contributed by atoms with Crippen LogP contribution in [0.2, 0.25) is 5.02 Å². The van der Waals surface area contributed by atoms with Gasteiger partial charge in [0.15, 0.2) is 0 Å². The largest absolute Gasteiger partial charge is 0.330 e. The summed E-state index contributed by atoms with van der Waals surface area (Å²) in [6.45, 7) is 0.685. The second-order valence-electron chi connectivity index (χ2n) is 3.75. The number of nitrogens with two attached hydrogens (primary N) is 1. The number of halogens is 1. The van der Waals surface area contributed by atoms with Gasteiger partial charge in [-0.3, -0.25) is 0 Å². The van der Waals surface area contributed by atoms with E-state index in [2.05, 4.69) is 24.3 Å². The van der Waals surface area contributed by atoms with Crippen molar-refractivity contribution in [1.82, 2.24) is 0 Å². The van der Waals surface area contributed by atoms with Crippen molar-refractivity contribution in [2.45, 2.75) is 6.42 Å².